The number of hydrogen-bond acceptors (Lipinski definition) is 3. The van der Waals surface area contributed by atoms with Crippen LogP contribution in [0.1, 0.15) is 25.0 Å². The fourth-order valence-electron chi connectivity index (χ4n) is 1.98. The maximum Gasteiger partial charge on any atom is 0.224 e. The Labute approximate surface area is 145 Å². The Kier molecular flexibility index (Phi) is 6.25. The first kappa shape index (κ1) is 17.6. The maximum atomic E-state index is 12.1. The first-order chi connectivity index (χ1) is 11.0. The summed E-state index contributed by atoms with van der Waals surface area (Å²) in [5.41, 5.74) is 1.56. The zero-order valence-corrected chi connectivity index (χ0v) is 14.5. The lowest BCUT2D eigenvalue weighted by Gasteiger charge is -2.13. The number of halogens is 2. The number of carbonyl (C=O) groups excluding carboxylic acids is 1. The smallest absolute Gasteiger partial charge is 0.224 e. The Hall–Kier alpha value is -1.78. The van der Waals surface area contributed by atoms with Gasteiger partial charge in [-0.25, -0.2) is 4.98 Å². The monoisotopic (exact) mass is 352 g/mol. The van der Waals surface area contributed by atoms with Gasteiger partial charge in [0.25, 0.3) is 0 Å². The Morgan fingerprint density at radius 2 is 2.04 bits per heavy atom. The molecule has 0 bridgehead atoms. The van der Waals surface area contributed by atoms with Crippen molar-refractivity contribution in [1.29, 1.82) is 0 Å². The number of ether oxygens (including phenoxy) is 1. The van der Waals surface area contributed by atoms with Crippen molar-refractivity contribution in [3.05, 3.63) is 57.7 Å². The lowest BCUT2D eigenvalue weighted by Crippen LogP contribution is -2.25. The van der Waals surface area contributed by atoms with Crippen molar-refractivity contribution in [3.8, 4) is 5.88 Å². The molecule has 0 saturated heterocycles. The summed E-state index contributed by atoms with van der Waals surface area (Å²) >= 11 is 11.9. The third-order valence-corrected chi connectivity index (χ3v) is 3.63. The lowest BCUT2D eigenvalue weighted by molar-refractivity contribution is -0.120. The lowest BCUT2D eigenvalue weighted by atomic mass is 10.1. The highest BCUT2D eigenvalue weighted by atomic mass is 35.5. The third-order valence-electron chi connectivity index (χ3n) is 3.04. The van der Waals surface area contributed by atoms with E-state index < -0.39 is 0 Å². The zero-order valence-electron chi connectivity index (χ0n) is 13.0. The topological polar surface area (TPSA) is 51.2 Å². The number of aromatic nitrogens is 1. The van der Waals surface area contributed by atoms with Crippen LogP contribution in [0.5, 0.6) is 5.88 Å². The van der Waals surface area contributed by atoms with E-state index in [-0.39, 0.29) is 18.4 Å². The molecule has 2 aromatic rings. The number of nitrogens with one attached hydrogen (secondary N) is 1. The van der Waals surface area contributed by atoms with Gasteiger partial charge in [-0.05, 0) is 37.6 Å². The van der Waals surface area contributed by atoms with Gasteiger partial charge in [0.2, 0.25) is 11.8 Å². The van der Waals surface area contributed by atoms with Crippen LogP contribution in [0.3, 0.4) is 0 Å². The SMILES string of the molecule is CC(C)Oc1ncccc1CNC(=O)Cc1ccc(Cl)cc1Cl. The molecule has 0 aliphatic carbocycles. The maximum absolute atomic E-state index is 12.1. The summed E-state index contributed by atoms with van der Waals surface area (Å²) in [7, 11) is 0. The van der Waals surface area contributed by atoms with E-state index in [4.69, 9.17) is 27.9 Å². The molecule has 1 heterocycles. The summed E-state index contributed by atoms with van der Waals surface area (Å²) in [5, 5.41) is 3.88. The van der Waals surface area contributed by atoms with Crippen LogP contribution in [0.4, 0.5) is 0 Å². The van der Waals surface area contributed by atoms with Crippen LogP contribution in [0, 0.1) is 0 Å². The molecule has 1 amide bonds. The van der Waals surface area contributed by atoms with Crippen LogP contribution in [0.2, 0.25) is 10.0 Å². The first-order valence-corrected chi connectivity index (χ1v) is 8.02. The van der Waals surface area contributed by atoms with Crippen molar-refractivity contribution in [3.63, 3.8) is 0 Å². The molecule has 122 valence electrons. The predicted molar refractivity (Wildman–Crippen MR) is 92.0 cm³/mol. The highest BCUT2D eigenvalue weighted by Crippen LogP contribution is 2.21. The Morgan fingerprint density at radius 3 is 2.74 bits per heavy atom. The van der Waals surface area contributed by atoms with E-state index in [1.54, 1.807) is 24.4 Å². The molecule has 0 spiro atoms. The second-order valence-electron chi connectivity index (χ2n) is 5.32. The molecule has 0 fully saturated rings. The van der Waals surface area contributed by atoms with E-state index in [0.717, 1.165) is 11.1 Å². The molecule has 4 nitrogen and oxygen atoms in total. The fourth-order valence-corrected chi connectivity index (χ4v) is 2.46. The van der Waals surface area contributed by atoms with Crippen molar-refractivity contribution >= 4 is 29.1 Å². The van der Waals surface area contributed by atoms with E-state index in [1.165, 1.54) is 0 Å². The number of nitrogens with zero attached hydrogens (tertiary/aromatic N) is 1. The molecule has 6 heteroatoms. The molecule has 23 heavy (non-hydrogen) atoms. The third kappa shape index (κ3) is 5.41. The molecular formula is C17H18Cl2N2O2. The molecule has 1 N–H and O–H groups in total. The van der Waals surface area contributed by atoms with Crippen molar-refractivity contribution in [2.45, 2.75) is 32.9 Å². The van der Waals surface area contributed by atoms with Gasteiger partial charge in [-0.2, -0.15) is 0 Å². The molecule has 0 saturated carbocycles. The normalized spacial score (nSPS) is 10.7. The minimum absolute atomic E-state index is 0.0206. The Bertz CT molecular complexity index is 690. The van der Waals surface area contributed by atoms with Crippen molar-refractivity contribution in [1.82, 2.24) is 10.3 Å². The minimum Gasteiger partial charge on any atom is -0.475 e. The van der Waals surface area contributed by atoms with Crippen LogP contribution in [0.15, 0.2) is 36.5 Å². The summed E-state index contributed by atoms with van der Waals surface area (Å²) in [6, 6.07) is 8.78. The summed E-state index contributed by atoms with van der Waals surface area (Å²) < 4.78 is 5.63. The average molecular weight is 353 g/mol. The molecule has 0 aliphatic heterocycles. The van der Waals surface area contributed by atoms with E-state index >= 15 is 0 Å². The van der Waals surface area contributed by atoms with E-state index in [2.05, 4.69) is 10.3 Å². The van der Waals surface area contributed by atoms with Crippen LogP contribution in [-0.2, 0) is 17.8 Å². The molecule has 0 atom stereocenters. The highest BCUT2D eigenvalue weighted by Gasteiger charge is 2.10. The fraction of sp³-hybridized carbons (Fsp3) is 0.294. The van der Waals surface area contributed by atoms with Crippen molar-refractivity contribution in [2.75, 3.05) is 0 Å². The number of amides is 1. The molecule has 2 rings (SSSR count). The Morgan fingerprint density at radius 1 is 1.26 bits per heavy atom. The zero-order chi connectivity index (χ0) is 16.8. The van der Waals surface area contributed by atoms with Gasteiger partial charge in [0, 0.05) is 28.4 Å². The van der Waals surface area contributed by atoms with Crippen LogP contribution >= 0.6 is 23.2 Å². The number of hydrogen-bond donors (Lipinski definition) is 1. The number of benzene rings is 1. The summed E-state index contributed by atoms with van der Waals surface area (Å²) in [5.74, 6) is 0.404. The van der Waals surface area contributed by atoms with Gasteiger partial charge in [0.05, 0.1) is 12.5 Å². The van der Waals surface area contributed by atoms with Crippen LogP contribution < -0.4 is 10.1 Å². The van der Waals surface area contributed by atoms with E-state index in [1.807, 2.05) is 26.0 Å². The summed E-state index contributed by atoms with van der Waals surface area (Å²) in [4.78, 5) is 16.3. The van der Waals surface area contributed by atoms with Gasteiger partial charge in [-0.1, -0.05) is 35.3 Å². The predicted octanol–water partition coefficient (Wildman–Crippen LogP) is 4.03. The van der Waals surface area contributed by atoms with Crippen LogP contribution in [-0.4, -0.2) is 17.0 Å². The molecule has 0 radical (unpaired) electrons. The van der Waals surface area contributed by atoms with Gasteiger partial charge < -0.3 is 10.1 Å². The van der Waals surface area contributed by atoms with Crippen molar-refractivity contribution in [2.24, 2.45) is 0 Å². The minimum atomic E-state index is -0.131. The first-order valence-electron chi connectivity index (χ1n) is 7.27. The van der Waals surface area contributed by atoms with Gasteiger partial charge in [-0.3, -0.25) is 4.79 Å². The van der Waals surface area contributed by atoms with Gasteiger partial charge in [-0.15, -0.1) is 0 Å². The molecule has 1 aromatic heterocycles. The van der Waals surface area contributed by atoms with Crippen molar-refractivity contribution < 1.29 is 9.53 Å². The average Bonchev–Trinajstić information content (AvgIpc) is 2.49. The Balaban J connectivity index is 1.97. The standard InChI is InChI=1S/C17H18Cl2N2O2/c1-11(2)23-17-13(4-3-7-20-17)10-21-16(22)8-12-5-6-14(18)9-15(12)19/h3-7,9,11H,8,10H2,1-2H3,(H,21,22). The molecule has 1 aromatic carbocycles. The summed E-state index contributed by atoms with van der Waals surface area (Å²) in [6.45, 7) is 4.21. The second kappa shape index (κ2) is 8.18. The molecular weight excluding hydrogens is 335 g/mol. The highest BCUT2D eigenvalue weighted by molar-refractivity contribution is 6.35. The molecule has 0 unspecified atom stereocenters. The summed E-state index contributed by atoms with van der Waals surface area (Å²) in [6.07, 6.45) is 1.87. The quantitative estimate of drug-likeness (QED) is 0.853. The number of carbonyl (C=O) groups is 1. The van der Waals surface area contributed by atoms with E-state index in [9.17, 15) is 4.79 Å². The molecule has 0 aliphatic rings. The number of pyridine rings is 1. The second-order valence-corrected chi connectivity index (χ2v) is 6.17. The van der Waals surface area contributed by atoms with Gasteiger partial charge in [0.15, 0.2) is 0 Å². The van der Waals surface area contributed by atoms with Gasteiger partial charge in [0.1, 0.15) is 0 Å². The van der Waals surface area contributed by atoms with E-state index in [0.29, 0.717) is 22.5 Å². The number of rotatable bonds is 6. The van der Waals surface area contributed by atoms with Crippen LogP contribution in [0.25, 0.3) is 0 Å². The van der Waals surface area contributed by atoms with Gasteiger partial charge >= 0.3 is 0 Å². The largest absolute Gasteiger partial charge is 0.475 e.